The number of benzene rings is 2. The molecule has 0 spiro atoms. The molecule has 0 heterocycles. The van der Waals surface area contributed by atoms with Crippen LogP contribution in [0, 0.1) is 0 Å². The molecule has 0 unspecified atom stereocenters. The first-order valence-electron chi connectivity index (χ1n) is 11.0. The second kappa shape index (κ2) is 12.0. The monoisotopic (exact) mass is 424 g/mol. The molecule has 166 valence electrons. The molecule has 0 atom stereocenters. The number of carbonyl (C=O) groups is 2. The fraction of sp³-hybridized carbons (Fsp3) is 0.417. The van der Waals surface area contributed by atoms with Gasteiger partial charge in [0, 0.05) is 17.8 Å². The Morgan fingerprint density at radius 1 is 0.710 bits per heavy atom. The third kappa shape index (κ3) is 7.61. The molecule has 0 aliphatic rings. The maximum absolute atomic E-state index is 12.4. The van der Waals surface area contributed by atoms with E-state index < -0.39 is 0 Å². The number of carbonyl (C=O) groups excluding carboxylic acids is 2. The Bertz CT molecular complexity index is 864. The van der Waals surface area contributed by atoms with Gasteiger partial charge in [-0.05, 0) is 75.7 Å². The molecule has 0 bridgehead atoms. The number of nitrogens with one attached hydrogen (secondary N) is 2. The fourth-order valence-electron chi connectivity index (χ4n) is 3.30. The van der Waals surface area contributed by atoms with Crippen LogP contribution >= 0.6 is 0 Å². The van der Waals surface area contributed by atoms with Crippen LogP contribution in [0.2, 0.25) is 0 Å². The summed E-state index contributed by atoms with van der Waals surface area (Å²) < 4.78 is 0.777. The fourth-order valence-corrected chi connectivity index (χ4v) is 3.30. The lowest BCUT2D eigenvalue weighted by Crippen LogP contribution is -2.51. The molecule has 0 aromatic heterocycles. The highest BCUT2D eigenvalue weighted by Gasteiger charge is 2.24. The van der Waals surface area contributed by atoms with Gasteiger partial charge in [-0.15, -0.1) is 0 Å². The Morgan fingerprint density at radius 2 is 1.13 bits per heavy atom. The molecule has 7 heteroatoms. The maximum Gasteiger partial charge on any atom is 0.279 e. The van der Waals surface area contributed by atoms with Crippen LogP contribution in [0.15, 0.2) is 58.8 Å². The number of anilines is 2. The molecule has 0 saturated carbocycles. The van der Waals surface area contributed by atoms with Crippen molar-refractivity contribution in [3.05, 3.63) is 48.5 Å². The minimum Gasteiger partial charge on any atom is -0.326 e. The quantitative estimate of drug-likeness (QED) is 0.361. The average Bonchev–Trinajstić information content (AvgIpc) is 2.78. The number of likely N-dealkylation sites (N-methyl/N-ethyl adjacent to an activating group) is 1. The first-order valence-corrected chi connectivity index (χ1v) is 11.0. The highest BCUT2D eigenvalue weighted by molar-refractivity contribution is 5.92. The van der Waals surface area contributed by atoms with Gasteiger partial charge in [-0.3, -0.25) is 9.59 Å². The van der Waals surface area contributed by atoms with E-state index in [0.29, 0.717) is 24.3 Å². The lowest BCUT2D eigenvalue weighted by molar-refractivity contribution is -0.915. The molecule has 0 aliphatic heterocycles. The first kappa shape index (κ1) is 24.2. The number of nitrogens with zero attached hydrogens (tertiary/aromatic N) is 3. The van der Waals surface area contributed by atoms with Gasteiger partial charge in [-0.25, -0.2) is 0 Å². The van der Waals surface area contributed by atoms with Crippen molar-refractivity contribution < 1.29 is 14.1 Å². The van der Waals surface area contributed by atoms with Gasteiger partial charge in [-0.1, -0.05) is 6.92 Å². The second-order valence-electron chi connectivity index (χ2n) is 7.59. The maximum atomic E-state index is 12.4. The molecule has 2 aromatic carbocycles. The average molecular weight is 425 g/mol. The third-order valence-corrected chi connectivity index (χ3v) is 5.55. The van der Waals surface area contributed by atoms with Crippen LogP contribution in [0.3, 0.4) is 0 Å². The Kier molecular flexibility index (Phi) is 9.34. The molecule has 2 aromatic rings. The van der Waals surface area contributed by atoms with Gasteiger partial charge >= 0.3 is 0 Å². The lowest BCUT2D eigenvalue weighted by Gasteiger charge is -2.34. The van der Waals surface area contributed by atoms with E-state index in [9.17, 15) is 9.59 Å². The molecular formula is C24H34N5O2+. The van der Waals surface area contributed by atoms with E-state index in [1.165, 1.54) is 0 Å². The summed E-state index contributed by atoms with van der Waals surface area (Å²) in [6.07, 6.45) is 1.32. The van der Waals surface area contributed by atoms with Crippen LogP contribution in [-0.2, 0) is 9.59 Å². The molecule has 31 heavy (non-hydrogen) atoms. The first-order chi connectivity index (χ1) is 14.9. The van der Waals surface area contributed by atoms with E-state index in [4.69, 9.17) is 0 Å². The second-order valence-corrected chi connectivity index (χ2v) is 7.59. The predicted molar refractivity (Wildman–Crippen MR) is 126 cm³/mol. The molecule has 2 amide bonds. The molecule has 2 rings (SSSR count). The number of rotatable bonds is 11. The molecule has 2 N–H and O–H groups in total. The number of hydrogen-bond donors (Lipinski definition) is 2. The third-order valence-electron chi connectivity index (χ3n) is 5.55. The van der Waals surface area contributed by atoms with Gasteiger partial charge in [0.15, 0.2) is 6.54 Å². The summed E-state index contributed by atoms with van der Waals surface area (Å²) >= 11 is 0. The normalized spacial score (nSPS) is 11.5. The Hall–Kier alpha value is -3.06. The topological polar surface area (TPSA) is 82.9 Å². The summed E-state index contributed by atoms with van der Waals surface area (Å²) in [6.45, 7) is 11.6. The predicted octanol–water partition coefficient (Wildman–Crippen LogP) is 5.66. The minimum absolute atomic E-state index is 0.00720. The summed E-state index contributed by atoms with van der Waals surface area (Å²) in [5.41, 5.74) is 2.88. The Morgan fingerprint density at radius 3 is 1.52 bits per heavy atom. The van der Waals surface area contributed by atoms with Crippen molar-refractivity contribution in [3.63, 3.8) is 0 Å². The van der Waals surface area contributed by atoms with Crippen LogP contribution in [0.25, 0.3) is 0 Å². The minimum atomic E-state index is 0.00720. The van der Waals surface area contributed by atoms with Crippen molar-refractivity contribution in [2.24, 2.45) is 10.2 Å². The van der Waals surface area contributed by atoms with Crippen molar-refractivity contribution in [1.82, 2.24) is 0 Å². The summed E-state index contributed by atoms with van der Waals surface area (Å²) in [5.74, 6) is 0.0267. The summed E-state index contributed by atoms with van der Waals surface area (Å²) in [7, 11) is 0. The summed E-state index contributed by atoms with van der Waals surface area (Å²) in [6, 6.07) is 14.5. The molecule has 0 fully saturated rings. The van der Waals surface area contributed by atoms with Crippen molar-refractivity contribution in [1.29, 1.82) is 0 Å². The zero-order chi connectivity index (χ0) is 22.7. The van der Waals surface area contributed by atoms with E-state index in [1.54, 1.807) is 12.1 Å². The molecule has 0 radical (unpaired) electrons. The highest BCUT2D eigenvalue weighted by atomic mass is 16.2. The van der Waals surface area contributed by atoms with Crippen LogP contribution in [0.1, 0.15) is 40.5 Å². The SMILES string of the molecule is CCCC(=O)Nc1ccc(/N=N/c2ccc(NC(=O)C[N+](CC)(CC)CC)cc2)cc1. The standard InChI is InChI=1S/C24H33N5O2/c1-5-9-23(30)25-19-10-14-21(15-11-19)27-28-22-16-12-20(13-17-22)26-24(31)18-29(6-2,7-3)8-4/h10-17H,5-9,18H2,1-4H3,(H-,25,26,27,28,30,31)/p+1. The van der Waals surface area contributed by atoms with Crippen molar-refractivity contribution in [3.8, 4) is 0 Å². The zero-order valence-electron chi connectivity index (χ0n) is 19.0. The zero-order valence-corrected chi connectivity index (χ0v) is 19.0. The largest absolute Gasteiger partial charge is 0.326 e. The van der Waals surface area contributed by atoms with Gasteiger partial charge in [0.2, 0.25) is 5.91 Å². The van der Waals surface area contributed by atoms with E-state index in [0.717, 1.165) is 41.9 Å². The van der Waals surface area contributed by atoms with Gasteiger partial charge < -0.3 is 15.1 Å². The van der Waals surface area contributed by atoms with Gasteiger partial charge in [-0.2, -0.15) is 10.2 Å². The number of hydrogen-bond acceptors (Lipinski definition) is 4. The van der Waals surface area contributed by atoms with Crippen molar-refractivity contribution >= 4 is 34.6 Å². The van der Waals surface area contributed by atoms with Crippen molar-refractivity contribution in [2.45, 2.75) is 40.5 Å². The molecule has 0 saturated heterocycles. The van der Waals surface area contributed by atoms with E-state index in [-0.39, 0.29) is 11.8 Å². The highest BCUT2D eigenvalue weighted by Crippen LogP contribution is 2.22. The lowest BCUT2D eigenvalue weighted by atomic mass is 10.2. The Labute approximate surface area is 185 Å². The van der Waals surface area contributed by atoms with Gasteiger partial charge in [0.25, 0.3) is 5.91 Å². The van der Waals surface area contributed by atoms with Gasteiger partial charge in [0.05, 0.1) is 31.0 Å². The number of azo groups is 1. The summed E-state index contributed by atoms with van der Waals surface area (Å²) in [4.78, 5) is 24.1. The Balaban J connectivity index is 1.92. The molecule has 7 nitrogen and oxygen atoms in total. The smallest absolute Gasteiger partial charge is 0.279 e. The van der Waals surface area contributed by atoms with E-state index in [1.807, 2.05) is 43.3 Å². The summed E-state index contributed by atoms with van der Waals surface area (Å²) in [5, 5.41) is 14.3. The van der Waals surface area contributed by atoms with E-state index in [2.05, 4.69) is 41.6 Å². The van der Waals surface area contributed by atoms with Crippen LogP contribution in [-0.4, -0.2) is 42.5 Å². The number of amides is 2. The number of quaternary nitrogens is 1. The molecule has 0 aliphatic carbocycles. The van der Waals surface area contributed by atoms with Gasteiger partial charge in [0.1, 0.15) is 0 Å². The van der Waals surface area contributed by atoms with Crippen LogP contribution in [0.5, 0.6) is 0 Å². The molecular weight excluding hydrogens is 390 g/mol. The van der Waals surface area contributed by atoms with E-state index >= 15 is 0 Å². The van der Waals surface area contributed by atoms with Crippen LogP contribution in [0.4, 0.5) is 22.7 Å². The van der Waals surface area contributed by atoms with Crippen molar-refractivity contribution in [2.75, 3.05) is 36.8 Å². The van der Waals surface area contributed by atoms with Crippen LogP contribution < -0.4 is 10.6 Å².